The lowest BCUT2D eigenvalue weighted by Crippen LogP contribution is -2.46. The lowest BCUT2D eigenvalue weighted by Gasteiger charge is -2.41. The number of hydrogen-bond donors (Lipinski definition) is 1. The summed E-state index contributed by atoms with van der Waals surface area (Å²) < 4.78 is 111. The summed E-state index contributed by atoms with van der Waals surface area (Å²) in [4.78, 5) is 6.02. The second-order valence-corrected chi connectivity index (χ2v) is 8.90. The number of morpholine rings is 1. The number of aromatic nitrogens is 3. The van der Waals surface area contributed by atoms with Crippen LogP contribution in [0.5, 0.6) is 6.01 Å². The predicted octanol–water partition coefficient (Wildman–Crippen LogP) is 6.39. The molecule has 15 heteroatoms. The molecule has 0 amide bonds. The van der Waals surface area contributed by atoms with Gasteiger partial charge in [0.05, 0.1) is 36.4 Å². The summed E-state index contributed by atoms with van der Waals surface area (Å²) in [5.74, 6) is -0.144. The highest BCUT2D eigenvalue weighted by Crippen LogP contribution is 2.39. The summed E-state index contributed by atoms with van der Waals surface area (Å²) in [6, 6.07) is 6.17. The van der Waals surface area contributed by atoms with Crippen LogP contribution in [0.25, 0.3) is 0 Å². The number of H-pyrrole nitrogens is 1. The molecule has 1 aromatic heterocycles. The third-order valence-electron chi connectivity index (χ3n) is 5.87. The molecule has 1 aliphatic heterocycles. The Morgan fingerprint density at radius 3 is 2.26 bits per heavy atom. The minimum Gasteiger partial charge on any atom is -0.393 e. The highest BCUT2D eigenvalue weighted by atomic mass is 127. The standard InChI is InChI=1S/C23H20F7IN4O3/c1-12(14-8-15(22(25,26)27)10-16(9-14)23(28,29)30)37-20-19(13-2-4-17(24)5-3-13)35(6-7-36-20)11-18-32-21(38-31)34-33-18/h2-5,8-10,12,19-20H,6-7,11H2,1H3,(H,32,33,34). The van der Waals surface area contributed by atoms with E-state index >= 15 is 0 Å². The molecule has 1 aliphatic rings. The second-order valence-electron chi connectivity index (χ2n) is 8.46. The van der Waals surface area contributed by atoms with Gasteiger partial charge >= 0.3 is 18.4 Å². The van der Waals surface area contributed by atoms with Crippen LogP contribution in [-0.2, 0) is 28.4 Å². The number of halogens is 8. The summed E-state index contributed by atoms with van der Waals surface area (Å²) in [6.07, 6.45) is -12.4. The zero-order chi connectivity index (χ0) is 27.7. The number of ether oxygens (including phenoxy) is 2. The van der Waals surface area contributed by atoms with Crippen LogP contribution in [0.4, 0.5) is 30.7 Å². The summed E-state index contributed by atoms with van der Waals surface area (Å²) in [7, 11) is 0. The van der Waals surface area contributed by atoms with Gasteiger partial charge in [0.1, 0.15) is 5.82 Å². The van der Waals surface area contributed by atoms with Gasteiger partial charge in [-0.2, -0.15) is 36.4 Å². The van der Waals surface area contributed by atoms with Crippen LogP contribution < -0.4 is 3.07 Å². The third-order valence-corrected chi connectivity index (χ3v) is 6.29. The maximum Gasteiger partial charge on any atom is 0.416 e. The third kappa shape index (κ3) is 6.73. The lowest BCUT2D eigenvalue weighted by molar-refractivity contribution is -0.231. The largest absolute Gasteiger partial charge is 0.416 e. The van der Waals surface area contributed by atoms with Crippen LogP contribution in [0, 0.1) is 5.82 Å². The van der Waals surface area contributed by atoms with Crippen LogP contribution in [0.15, 0.2) is 42.5 Å². The maximum absolute atomic E-state index is 13.6. The molecule has 0 bridgehead atoms. The molecule has 0 spiro atoms. The molecule has 38 heavy (non-hydrogen) atoms. The normalized spacial score (nSPS) is 19.9. The van der Waals surface area contributed by atoms with Crippen LogP contribution in [0.3, 0.4) is 0 Å². The Balaban J connectivity index is 1.65. The SMILES string of the molecule is CC(OC1OCCN(Cc2n[nH]c(OI)n2)C1c1ccc(F)cc1)c1cc(C(F)(F)F)cc(C(F)(F)F)c1. The Morgan fingerprint density at radius 1 is 1.08 bits per heavy atom. The van der Waals surface area contributed by atoms with Crippen molar-refractivity contribution in [3.63, 3.8) is 0 Å². The molecule has 0 radical (unpaired) electrons. The number of rotatable bonds is 7. The molecule has 0 saturated carbocycles. The van der Waals surface area contributed by atoms with Crippen molar-refractivity contribution in [2.45, 2.75) is 44.3 Å². The molecule has 4 rings (SSSR count). The monoisotopic (exact) mass is 660 g/mol. The fourth-order valence-corrected chi connectivity index (χ4v) is 4.26. The van der Waals surface area contributed by atoms with Gasteiger partial charge in [-0.05, 0) is 48.4 Å². The van der Waals surface area contributed by atoms with E-state index < -0.39 is 47.7 Å². The van der Waals surface area contributed by atoms with Crippen LogP contribution >= 0.6 is 23.0 Å². The van der Waals surface area contributed by atoms with E-state index in [1.807, 2.05) is 4.90 Å². The molecule has 1 fully saturated rings. The van der Waals surface area contributed by atoms with E-state index in [2.05, 4.69) is 15.2 Å². The molecule has 1 N–H and O–H groups in total. The molecule has 1 saturated heterocycles. The average molecular weight is 660 g/mol. The first kappa shape index (κ1) is 28.5. The van der Waals surface area contributed by atoms with E-state index in [9.17, 15) is 30.7 Å². The van der Waals surface area contributed by atoms with Crippen molar-refractivity contribution >= 4 is 23.0 Å². The van der Waals surface area contributed by atoms with Crippen LogP contribution in [-0.4, -0.2) is 39.5 Å². The van der Waals surface area contributed by atoms with Gasteiger partial charge in [0, 0.05) is 6.54 Å². The Kier molecular flexibility index (Phi) is 8.49. The molecule has 7 nitrogen and oxygen atoms in total. The molecule has 3 unspecified atom stereocenters. The van der Waals surface area contributed by atoms with Gasteiger partial charge in [-0.1, -0.05) is 12.1 Å². The van der Waals surface area contributed by atoms with Crippen molar-refractivity contribution in [2.75, 3.05) is 13.2 Å². The molecule has 3 atom stereocenters. The van der Waals surface area contributed by atoms with Gasteiger partial charge in [0.25, 0.3) is 0 Å². The zero-order valence-corrected chi connectivity index (χ0v) is 21.6. The fraction of sp³-hybridized carbons (Fsp3) is 0.391. The molecule has 3 aromatic rings. The smallest absolute Gasteiger partial charge is 0.393 e. The summed E-state index contributed by atoms with van der Waals surface area (Å²) in [5, 5.41) is 6.65. The second kappa shape index (κ2) is 11.3. The van der Waals surface area contributed by atoms with E-state index in [1.165, 1.54) is 31.2 Å². The van der Waals surface area contributed by atoms with Gasteiger partial charge in [-0.25, -0.2) is 9.49 Å². The average Bonchev–Trinajstić information content (AvgIpc) is 3.31. The van der Waals surface area contributed by atoms with Gasteiger partial charge in [0.15, 0.2) is 35.1 Å². The minimum absolute atomic E-state index is 0.0565. The van der Waals surface area contributed by atoms with Crippen molar-refractivity contribution in [3.8, 4) is 6.01 Å². The number of alkyl halides is 6. The number of nitrogens with one attached hydrogen (secondary N) is 1. The van der Waals surface area contributed by atoms with E-state index in [4.69, 9.17) is 12.5 Å². The van der Waals surface area contributed by atoms with Gasteiger partial charge in [-0.15, -0.1) is 0 Å². The van der Waals surface area contributed by atoms with E-state index in [0.717, 1.165) is 0 Å². The van der Waals surface area contributed by atoms with Crippen LogP contribution in [0.2, 0.25) is 0 Å². The molecule has 2 heterocycles. The first-order valence-electron chi connectivity index (χ1n) is 11.1. The molecule has 206 valence electrons. The van der Waals surface area contributed by atoms with Crippen molar-refractivity contribution < 1.29 is 43.3 Å². The van der Waals surface area contributed by atoms with E-state index in [-0.39, 0.29) is 30.8 Å². The van der Waals surface area contributed by atoms with E-state index in [0.29, 0.717) is 30.1 Å². The van der Waals surface area contributed by atoms with Crippen molar-refractivity contribution in [2.24, 2.45) is 0 Å². The number of hydrogen-bond acceptors (Lipinski definition) is 6. The van der Waals surface area contributed by atoms with Crippen molar-refractivity contribution in [1.29, 1.82) is 0 Å². The first-order chi connectivity index (χ1) is 17.8. The maximum atomic E-state index is 13.6. The number of benzene rings is 2. The summed E-state index contributed by atoms with van der Waals surface area (Å²) in [6.45, 7) is 1.98. The highest BCUT2D eigenvalue weighted by molar-refractivity contribution is 14.1. The molecule has 2 aromatic carbocycles. The molecular formula is C23H20F7IN4O3. The minimum atomic E-state index is -5.00. The zero-order valence-electron chi connectivity index (χ0n) is 19.5. The summed E-state index contributed by atoms with van der Waals surface area (Å²) in [5.41, 5.74) is -2.68. The molecular weight excluding hydrogens is 640 g/mol. The quantitative estimate of drug-likeness (QED) is 0.234. The van der Waals surface area contributed by atoms with Gasteiger partial charge < -0.3 is 12.5 Å². The number of nitrogens with zero attached hydrogens (tertiary/aromatic N) is 3. The van der Waals surface area contributed by atoms with E-state index in [1.54, 1.807) is 23.0 Å². The lowest BCUT2D eigenvalue weighted by atomic mass is 10.0. The highest BCUT2D eigenvalue weighted by Gasteiger charge is 2.39. The molecule has 0 aliphatic carbocycles. The van der Waals surface area contributed by atoms with Crippen molar-refractivity contribution in [1.82, 2.24) is 20.1 Å². The Labute approximate surface area is 226 Å². The topological polar surface area (TPSA) is 72.5 Å². The number of aromatic amines is 1. The first-order valence-corrected chi connectivity index (χ1v) is 12.0. The summed E-state index contributed by atoms with van der Waals surface area (Å²) >= 11 is 1.63. The Bertz CT molecular complexity index is 1200. The Hall–Kier alpha value is -2.50. The Morgan fingerprint density at radius 2 is 1.71 bits per heavy atom. The van der Waals surface area contributed by atoms with Gasteiger partial charge in [0.2, 0.25) is 0 Å². The van der Waals surface area contributed by atoms with Crippen molar-refractivity contribution in [3.05, 3.63) is 76.4 Å². The van der Waals surface area contributed by atoms with Crippen LogP contribution in [0.1, 0.15) is 47.1 Å². The fourth-order valence-electron chi connectivity index (χ4n) is 4.07. The predicted molar refractivity (Wildman–Crippen MR) is 126 cm³/mol. The van der Waals surface area contributed by atoms with Gasteiger partial charge in [-0.3, -0.25) is 4.90 Å².